The number of halogens is 1. The Bertz CT molecular complexity index is 1200. The maximum absolute atomic E-state index is 11.6. The molecular formula is C19H18ClN7O2. The van der Waals surface area contributed by atoms with Crippen LogP contribution in [0.25, 0.3) is 22.8 Å². The topological polar surface area (TPSA) is 106 Å². The number of aromatic nitrogens is 6. The summed E-state index contributed by atoms with van der Waals surface area (Å²) in [5, 5.41) is 13.3. The zero-order valence-corrected chi connectivity index (χ0v) is 16.6. The number of hydrogen-bond donors (Lipinski definition) is 1. The van der Waals surface area contributed by atoms with E-state index in [4.69, 9.17) is 16.1 Å². The van der Waals surface area contributed by atoms with E-state index in [1.54, 1.807) is 6.07 Å². The van der Waals surface area contributed by atoms with Crippen molar-refractivity contribution in [3.8, 4) is 22.8 Å². The molecule has 0 aliphatic heterocycles. The Kier molecular flexibility index (Phi) is 5.13. The van der Waals surface area contributed by atoms with Crippen molar-refractivity contribution >= 4 is 17.5 Å². The van der Waals surface area contributed by atoms with Crippen LogP contribution in [0.4, 0.5) is 5.95 Å². The van der Waals surface area contributed by atoms with Gasteiger partial charge in [0.25, 0.3) is 5.56 Å². The standard InChI is InChI=1S/C19H18ClN7O2/c1-3-27-18(15-9-17(28)22-11-21-15)23-24-19(27)26(2)10-14-8-16(29-25-14)12-5-4-6-13(20)7-12/h4-9,11H,3,10H2,1-2H3,(H,21,22,28). The number of H-pyrrole nitrogens is 1. The second-order valence-electron chi connectivity index (χ2n) is 6.41. The van der Waals surface area contributed by atoms with Crippen molar-refractivity contribution < 1.29 is 4.52 Å². The predicted molar refractivity (Wildman–Crippen MR) is 109 cm³/mol. The van der Waals surface area contributed by atoms with E-state index in [1.165, 1.54) is 12.4 Å². The van der Waals surface area contributed by atoms with Crippen molar-refractivity contribution in [3.05, 3.63) is 63.8 Å². The first-order chi connectivity index (χ1) is 14.0. The van der Waals surface area contributed by atoms with Gasteiger partial charge in [0.1, 0.15) is 11.4 Å². The lowest BCUT2D eigenvalue weighted by Crippen LogP contribution is -2.21. The van der Waals surface area contributed by atoms with Gasteiger partial charge in [0.05, 0.1) is 12.9 Å². The Labute approximate surface area is 171 Å². The van der Waals surface area contributed by atoms with Crippen LogP contribution < -0.4 is 10.5 Å². The van der Waals surface area contributed by atoms with E-state index >= 15 is 0 Å². The highest BCUT2D eigenvalue weighted by Crippen LogP contribution is 2.25. The number of rotatable bonds is 6. The maximum atomic E-state index is 11.6. The molecule has 0 aliphatic rings. The van der Waals surface area contributed by atoms with Crippen molar-refractivity contribution in [2.24, 2.45) is 0 Å². The lowest BCUT2D eigenvalue weighted by molar-refractivity contribution is 0.423. The minimum absolute atomic E-state index is 0.244. The molecule has 0 saturated heterocycles. The molecule has 0 saturated carbocycles. The van der Waals surface area contributed by atoms with Gasteiger partial charge in [0.2, 0.25) is 5.95 Å². The SMILES string of the molecule is CCn1c(-c2cc(=O)[nH]cn2)nnc1N(C)Cc1cc(-c2cccc(Cl)c2)on1. The number of nitrogens with one attached hydrogen (secondary N) is 1. The Hall–Kier alpha value is -3.46. The summed E-state index contributed by atoms with van der Waals surface area (Å²) < 4.78 is 7.35. The second kappa shape index (κ2) is 7.88. The molecule has 0 aliphatic carbocycles. The van der Waals surface area contributed by atoms with E-state index in [1.807, 2.05) is 47.7 Å². The first-order valence-corrected chi connectivity index (χ1v) is 9.34. The lowest BCUT2D eigenvalue weighted by Gasteiger charge is -2.17. The molecule has 9 nitrogen and oxygen atoms in total. The van der Waals surface area contributed by atoms with E-state index in [0.29, 0.717) is 41.3 Å². The Morgan fingerprint density at radius 2 is 2.10 bits per heavy atom. The smallest absolute Gasteiger partial charge is 0.251 e. The highest BCUT2D eigenvalue weighted by molar-refractivity contribution is 6.30. The maximum Gasteiger partial charge on any atom is 0.251 e. The molecule has 4 rings (SSSR count). The van der Waals surface area contributed by atoms with Gasteiger partial charge in [-0.25, -0.2) is 4.98 Å². The van der Waals surface area contributed by atoms with Crippen LogP contribution in [0.5, 0.6) is 0 Å². The number of benzene rings is 1. The molecule has 0 atom stereocenters. The van der Waals surface area contributed by atoms with Crippen molar-refractivity contribution in [1.82, 2.24) is 29.9 Å². The normalized spacial score (nSPS) is 11.0. The fraction of sp³-hybridized carbons (Fsp3) is 0.211. The quantitative estimate of drug-likeness (QED) is 0.519. The molecule has 0 radical (unpaired) electrons. The highest BCUT2D eigenvalue weighted by Gasteiger charge is 2.18. The van der Waals surface area contributed by atoms with Crippen LogP contribution in [0.3, 0.4) is 0 Å². The summed E-state index contributed by atoms with van der Waals surface area (Å²) in [4.78, 5) is 20.2. The summed E-state index contributed by atoms with van der Waals surface area (Å²) in [7, 11) is 1.89. The third-order valence-electron chi connectivity index (χ3n) is 4.36. The summed E-state index contributed by atoms with van der Waals surface area (Å²) >= 11 is 6.05. The lowest BCUT2D eigenvalue weighted by atomic mass is 10.1. The third-order valence-corrected chi connectivity index (χ3v) is 4.60. The molecule has 0 spiro atoms. The molecule has 1 aromatic carbocycles. The summed E-state index contributed by atoms with van der Waals surface area (Å²) in [6, 6.07) is 10.7. The molecule has 0 fully saturated rings. The van der Waals surface area contributed by atoms with Gasteiger partial charge in [-0.05, 0) is 19.1 Å². The minimum Gasteiger partial charge on any atom is -0.356 e. The Morgan fingerprint density at radius 1 is 1.24 bits per heavy atom. The molecular weight excluding hydrogens is 394 g/mol. The van der Waals surface area contributed by atoms with Crippen LogP contribution in [0.2, 0.25) is 5.02 Å². The number of aromatic amines is 1. The zero-order valence-electron chi connectivity index (χ0n) is 15.8. The zero-order chi connectivity index (χ0) is 20.4. The van der Waals surface area contributed by atoms with Gasteiger partial charge in [-0.3, -0.25) is 9.36 Å². The summed E-state index contributed by atoms with van der Waals surface area (Å²) in [5.41, 5.74) is 1.82. The van der Waals surface area contributed by atoms with Crippen LogP contribution in [-0.4, -0.2) is 36.9 Å². The monoisotopic (exact) mass is 411 g/mol. The van der Waals surface area contributed by atoms with Crippen LogP contribution in [-0.2, 0) is 13.1 Å². The average Bonchev–Trinajstić information content (AvgIpc) is 3.34. The van der Waals surface area contributed by atoms with Gasteiger partial charge in [-0.15, -0.1) is 10.2 Å². The van der Waals surface area contributed by atoms with Gasteiger partial charge >= 0.3 is 0 Å². The molecule has 3 heterocycles. The van der Waals surface area contributed by atoms with Gasteiger partial charge < -0.3 is 14.4 Å². The first-order valence-electron chi connectivity index (χ1n) is 8.96. The van der Waals surface area contributed by atoms with Crippen LogP contribution in [0.1, 0.15) is 12.6 Å². The van der Waals surface area contributed by atoms with Crippen LogP contribution in [0, 0.1) is 0 Å². The predicted octanol–water partition coefficient (Wildman–Crippen LogP) is 2.99. The third kappa shape index (κ3) is 3.90. The van der Waals surface area contributed by atoms with Crippen molar-refractivity contribution in [2.75, 3.05) is 11.9 Å². The number of hydrogen-bond acceptors (Lipinski definition) is 7. The van der Waals surface area contributed by atoms with Crippen molar-refractivity contribution in [1.29, 1.82) is 0 Å². The summed E-state index contributed by atoms with van der Waals surface area (Å²) in [6.07, 6.45) is 1.35. The molecule has 4 aromatic rings. The molecule has 148 valence electrons. The molecule has 1 N–H and O–H groups in total. The van der Waals surface area contributed by atoms with Gasteiger partial charge in [0, 0.05) is 36.3 Å². The van der Waals surface area contributed by atoms with E-state index in [2.05, 4.69) is 25.3 Å². The van der Waals surface area contributed by atoms with E-state index < -0.39 is 0 Å². The molecule has 0 amide bonds. The molecule has 29 heavy (non-hydrogen) atoms. The fourth-order valence-electron chi connectivity index (χ4n) is 3.03. The Balaban J connectivity index is 1.58. The fourth-order valence-corrected chi connectivity index (χ4v) is 3.22. The van der Waals surface area contributed by atoms with E-state index in [9.17, 15) is 4.79 Å². The molecule has 0 bridgehead atoms. The highest BCUT2D eigenvalue weighted by atomic mass is 35.5. The van der Waals surface area contributed by atoms with Gasteiger partial charge in [-0.1, -0.05) is 28.9 Å². The van der Waals surface area contributed by atoms with Crippen molar-refractivity contribution in [2.45, 2.75) is 20.0 Å². The summed E-state index contributed by atoms with van der Waals surface area (Å²) in [5.74, 6) is 1.80. The minimum atomic E-state index is -0.244. The largest absolute Gasteiger partial charge is 0.356 e. The van der Waals surface area contributed by atoms with E-state index in [-0.39, 0.29) is 5.56 Å². The van der Waals surface area contributed by atoms with Gasteiger partial charge in [-0.2, -0.15) is 0 Å². The number of nitrogens with zero attached hydrogens (tertiary/aromatic N) is 6. The van der Waals surface area contributed by atoms with Gasteiger partial charge in [0.15, 0.2) is 11.6 Å². The Morgan fingerprint density at radius 3 is 2.86 bits per heavy atom. The average molecular weight is 412 g/mol. The molecule has 0 unspecified atom stereocenters. The van der Waals surface area contributed by atoms with Crippen LogP contribution in [0.15, 0.2) is 52.0 Å². The molecule has 10 heteroatoms. The van der Waals surface area contributed by atoms with Crippen LogP contribution >= 0.6 is 11.6 Å². The first kappa shape index (κ1) is 18.9. The summed E-state index contributed by atoms with van der Waals surface area (Å²) in [6.45, 7) is 3.05. The second-order valence-corrected chi connectivity index (χ2v) is 6.85. The van der Waals surface area contributed by atoms with Crippen molar-refractivity contribution in [3.63, 3.8) is 0 Å². The number of anilines is 1. The molecule has 3 aromatic heterocycles. The van der Waals surface area contributed by atoms with E-state index in [0.717, 1.165) is 11.3 Å².